The Morgan fingerprint density at radius 3 is 2.54 bits per heavy atom. The summed E-state index contributed by atoms with van der Waals surface area (Å²) < 4.78 is 29.0. The van der Waals surface area contributed by atoms with Crippen LogP contribution in [0.2, 0.25) is 0 Å². The number of nitrogens with zero attached hydrogens (tertiary/aromatic N) is 1. The van der Waals surface area contributed by atoms with Crippen LogP contribution in [-0.4, -0.2) is 57.0 Å². The van der Waals surface area contributed by atoms with Crippen molar-refractivity contribution in [3.8, 4) is 0 Å². The number of rotatable bonds is 7. The molecular weight excluding hydrogens is 211 g/mol. The second-order valence-electron chi connectivity index (χ2n) is 2.94. The molecule has 0 heterocycles. The van der Waals surface area contributed by atoms with E-state index in [1.165, 1.54) is 0 Å². The highest BCUT2D eigenvalue weighted by Crippen LogP contribution is 2.02. The van der Waals surface area contributed by atoms with Gasteiger partial charge in [-0.25, -0.2) is 0 Å². The van der Waals surface area contributed by atoms with Gasteiger partial charge in [-0.1, -0.05) is 8.73 Å². The Morgan fingerprint density at radius 2 is 2.08 bits per heavy atom. The molecule has 5 nitrogen and oxygen atoms in total. The first-order valence-electron chi connectivity index (χ1n) is 3.97. The second-order valence-corrected chi connectivity index (χ2v) is 5.72. The third kappa shape index (κ3) is 12.3. The van der Waals surface area contributed by atoms with E-state index < -0.39 is 10.1 Å². The quantitative estimate of drug-likeness (QED) is 0.353. The fourth-order valence-corrected chi connectivity index (χ4v) is 2.54. The fourth-order valence-electron chi connectivity index (χ4n) is 0.636. The molecule has 0 rings (SSSR count). The zero-order chi connectivity index (χ0) is 10.3. The maximum absolute atomic E-state index is 10.3. The summed E-state index contributed by atoms with van der Waals surface area (Å²) in [5.41, 5.74) is 0. The van der Waals surface area contributed by atoms with Gasteiger partial charge >= 0.3 is 0 Å². The molecule has 1 unspecified atom stereocenters. The molecule has 7 heteroatoms. The summed E-state index contributed by atoms with van der Waals surface area (Å²) >= 11 is 0. The monoisotopic (exact) mass is 228 g/mol. The normalized spacial score (nSPS) is 13.2. The zero-order valence-electron chi connectivity index (χ0n) is 7.95. The average Bonchev–Trinajstić information content (AvgIpc) is 1.93. The van der Waals surface area contributed by atoms with Gasteiger partial charge in [-0.3, -0.25) is 9.64 Å². The molecule has 0 amide bonds. The van der Waals surface area contributed by atoms with Crippen LogP contribution in [0, 0.1) is 0 Å². The molecule has 0 aromatic carbocycles. The van der Waals surface area contributed by atoms with E-state index in [1.54, 1.807) is 0 Å². The molecule has 1 atom stereocenters. The molecule has 80 valence electrons. The van der Waals surface area contributed by atoms with E-state index in [-0.39, 0.29) is 5.75 Å². The first kappa shape index (κ1) is 13.3. The highest BCUT2D eigenvalue weighted by atomic mass is 32.2. The van der Waals surface area contributed by atoms with Crippen LogP contribution in [0.4, 0.5) is 0 Å². The average molecular weight is 228 g/mol. The second kappa shape index (κ2) is 6.68. The summed E-state index contributed by atoms with van der Waals surface area (Å²) in [5.74, 6) is -0.152. The summed E-state index contributed by atoms with van der Waals surface area (Å²) in [5, 5.41) is 3.10. The minimum atomic E-state index is -3.77. The first-order chi connectivity index (χ1) is 5.92. The van der Waals surface area contributed by atoms with Crippen LogP contribution >= 0.6 is 8.73 Å². The van der Waals surface area contributed by atoms with E-state index in [4.69, 9.17) is 4.55 Å². The third-order valence-electron chi connectivity index (χ3n) is 1.29. The van der Waals surface area contributed by atoms with Crippen LogP contribution in [-0.2, 0) is 10.1 Å². The predicted molar refractivity (Wildman–Crippen MR) is 56.2 cm³/mol. The smallest absolute Gasteiger partial charge is 0.265 e. The van der Waals surface area contributed by atoms with Gasteiger partial charge in [-0.2, -0.15) is 8.42 Å². The summed E-state index contributed by atoms with van der Waals surface area (Å²) in [7, 11) is 0.569. The maximum Gasteiger partial charge on any atom is 0.265 e. The Labute approximate surface area is 81.5 Å². The molecule has 0 aliphatic heterocycles. The maximum atomic E-state index is 10.3. The van der Waals surface area contributed by atoms with Crippen molar-refractivity contribution in [2.45, 2.75) is 0 Å². The summed E-state index contributed by atoms with van der Waals surface area (Å²) in [6.45, 7) is 1.77. The number of hydrogen-bond donors (Lipinski definition) is 2. The van der Waals surface area contributed by atoms with Gasteiger partial charge in [0.25, 0.3) is 10.1 Å². The lowest BCUT2D eigenvalue weighted by molar-refractivity contribution is 0.415. The van der Waals surface area contributed by atoms with Gasteiger partial charge in [0.1, 0.15) is 0 Å². The van der Waals surface area contributed by atoms with Crippen LogP contribution in [0.15, 0.2) is 0 Å². The fraction of sp³-hybridized carbons (Fsp3) is 1.00. The van der Waals surface area contributed by atoms with Crippen molar-refractivity contribution in [1.29, 1.82) is 0 Å². The molecule has 0 aliphatic carbocycles. The van der Waals surface area contributed by atoms with Crippen molar-refractivity contribution >= 4 is 18.8 Å². The molecule has 0 bridgehead atoms. The molecule has 0 saturated carbocycles. The Kier molecular flexibility index (Phi) is 6.81. The Bertz CT molecular complexity index is 218. The molecular formula is C6H17N2O3PS. The highest BCUT2D eigenvalue weighted by Gasteiger charge is 2.02. The van der Waals surface area contributed by atoms with Gasteiger partial charge in [0.05, 0.1) is 5.75 Å². The van der Waals surface area contributed by atoms with Crippen molar-refractivity contribution in [1.82, 2.24) is 9.99 Å². The lowest BCUT2D eigenvalue weighted by atomic mass is 10.6. The van der Waals surface area contributed by atoms with Crippen molar-refractivity contribution in [2.24, 2.45) is 0 Å². The van der Waals surface area contributed by atoms with Gasteiger partial charge in [0, 0.05) is 13.1 Å². The molecule has 0 saturated heterocycles. The van der Waals surface area contributed by atoms with Crippen molar-refractivity contribution in [3.63, 3.8) is 0 Å². The first-order valence-corrected chi connectivity index (χ1v) is 6.79. The van der Waals surface area contributed by atoms with Crippen LogP contribution in [0.25, 0.3) is 0 Å². The van der Waals surface area contributed by atoms with Gasteiger partial charge in [-0.05, 0) is 20.3 Å². The molecule has 0 radical (unpaired) electrons. The van der Waals surface area contributed by atoms with Crippen molar-refractivity contribution < 1.29 is 13.0 Å². The lowest BCUT2D eigenvalue weighted by Gasteiger charge is -2.09. The Hall–Kier alpha value is 0.260. The summed E-state index contributed by atoms with van der Waals surface area (Å²) in [6.07, 6.45) is 0.478. The van der Waals surface area contributed by atoms with Crippen LogP contribution in [0.5, 0.6) is 0 Å². The van der Waals surface area contributed by atoms with E-state index in [0.29, 0.717) is 14.9 Å². The number of nitrogens with one attached hydrogen (secondary N) is 1. The van der Waals surface area contributed by atoms with E-state index >= 15 is 0 Å². The van der Waals surface area contributed by atoms with Gasteiger partial charge in [0.2, 0.25) is 0 Å². The summed E-state index contributed by atoms with van der Waals surface area (Å²) in [6, 6.07) is 0. The predicted octanol–water partition coefficient (Wildman–Crippen LogP) is -0.381. The zero-order valence-corrected chi connectivity index (χ0v) is 9.76. The SMILES string of the molecule is CN(C)CCNPCCS(=O)(=O)O. The van der Waals surface area contributed by atoms with Crippen LogP contribution in [0.1, 0.15) is 0 Å². The third-order valence-corrected chi connectivity index (χ3v) is 3.38. The molecule has 13 heavy (non-hydrogen) atoms. The topological polar surface area (TPSA) is 69.6 Å². The number of likely N-dealkylation sites (N-methyl/N-ethyl adjacent to an activating group) is 1. The minimum Gasteiger partial charge on any atom is -0.308 e. The molecule has 0 aliphatic rings. The van der Waals surface area contributed by atoms with E-state index in [1.807, 2.05) is 19.0 Å². The van der Waals surface area contributed by atoms with Crippen molar-refractivity contribution in [3.05, 3.63) is 0 Å². The van der Waals surface area contributed by atoms with E-state index in [9.17, 15) is 8.42 Å². The Balaban J connectivity index is 3.18. The largest absolute Gasteiger partial charge is 0.308 e. The Morgan fingerprint density at radius 1 is 1.46 bits per heavy atom. The molecule has 2 N–H and O–H groups in total. The molecule has 0 aromatic rings. The highest BCUT2D eigenvalue weighted by molar-refractivity contribution is 7.86. The van der Waals surface area contributed by atoms with Crippen LogP contribution in [0.3, 0.4) is 0 Å². The van der Waals surface area contributed by atoms with E-state index in [0.717, 1.165) is 13.1 Å². The minimum absolute atomic E-state index is 0.152. The van der Waals surface area contributed by atoms with Gasteiger partial charge in [0.15, 0.2) is 0 Å². The summed E-state index contributed by atoms with van der Waals surface area (Å²) in [4.78, 5) is 2.04. The standard InChI is InChI=1S/C6H17N2O3PS/c1-8(2)4-3-7-12-5-6-13(9,10)11/h7,12H,3-6H2,1-2H3,(H,9,10,11). The number of hydrogen-bond acceptors (Lipinski definition) is 4. The van der Waals surface area contributed by atoms with Gasteiger partial charge in [-0.15, -0.1) is 0 Å². The van der Waals surface area contributed by atoms with Crippen LogP contribution < -0.4 is 5.09 Å². The van der Waals surface area contributed by atoms with Gasteiger partial charge < -0.3 is 4.90 Å². The van der Waals surface area contributed by atoms with E-state index in [2.05, 4.69) is 5.09 Å². The molecule has 0 aromatic heterocycles. The molecule has 0 fully saturated rings. The lowest BCUT2D eigenvalue weighted by Crippen LogP contribution is -2.22. The molecule has 0 spiro atoms. The van der Waals surface area contributed by atoms with Crippen molar-refractivity contribution in [2.75, 3.05) is 39.1 Å².